The maximum absolute atomic E-state index is 13.5. The summed E-state index contributed by atoms with van der Waals surface area (Å²) in [7, 11) is -2.55. The molecule has 0 bridgehead atoms. The fourth-order valence-corrected chi connectivity index (χ4v) is 5.60. The van der Waals surface area contributed by atoms with E-state index in [0.717, 1.165) is 39.3 Å². The molecule has 0 spiro atoms. The van der Waals surface area contributed by atoms with Crippen molar-refractivity contribution in [3.63, 3.8) is 0 Å². The van der Waals surface area contributed by atoms with Gasteiger partial charge < -0.3 is 0 Å². The molecule has 0 heterocycles. The van der Waals surface area contributed by atoms with Crippen LogP contribution in [0.3, 0.4) is 0 Å². The zero-order valence-corrected chi connectivity index (χ0v) is 15.2. The third-order valence-corrected chi connectivity index (χ3v) is 7.20. The molecule has 0 amide bonds. The molecule has 18 heavy (non-hydrogen) atoms. The van der Waals surface area contributed by atoms with Gasteiger partial charge in [0.25, 0.3) is 7.59 Å². The second-order valence-electron chi connectivity index (χ2n) is 3.93. The Morgan fingerprint density at radius 3 is 0.889 bits per heavy atom. The van der Waals surface area contributed by atoms with Crippen molar-refractivity contribution in [1.29, 1.82) is 0 Å². The van der Waals surface area contributed by atoms with E-state index in [-0.39, 0.29) is 18.6 Å². The quantitative estimate of drug-likeness (QED) is 0.611. The van der Waals surface area contributed by atoms with Crippen molar-refractivity contribution in [2.24, 2.45) is 0 Å². The SMILES string of the molecule is CCN(CC)P(=O)(N(CC)CC)N(CC)CC.[V]. The minimum atomic E-state index is -2.55. The standard InChI is InChI=1S/C12H30N3OP.V/c1-7-13(8-2)17(16,14(9-3)10-4)15(11-5)12-6;/h7-12H2,1-6H3;. The zero-order valence-electron chi connectivity index (χ0n) is 12.9. The van der Waals surface area contributed by atoms with Gasteiger partial charge in [-0.05, 0) is 0 Å². The molecule has 109 valence electrons. The molecular formula is C12H30N3OPV. The number of hydrogen-bond donors (Lipinski definition) is 0. The fraction of sp³-hybridized carbons (Fsp3) is 1.00. The van der Waals surface area contributed by atoms with Gasteiger partial charge >= 0.3 is 0 Å². The molecule has 0 aromatic rings. The van der Waals surface area contributed by atoms with Crippen LogP contribution in [0.5, 0.6) is 0 Å². The van der Waals surface area contributed by atoms with E-state index in [1.165, 1.54) is 0 Å². The van der Waals surface area contributed by atoms with E-state index in [1.54, 1.807) is 0 Å². The van der Waals surface area contributed by atoms with Gasteiger partial charge in [-0.25, -0.2) is 14.0 Å². The molecule has 0 saturated carbocycles. The number of rotatable bonds is 9. The van der Waals surface area contributed by atoms with Crippen LogP contribution >= 0.6 is 7.59 Å². The molecule has 6 heteroatoms. The van der Waals surface area contributed by atoms with Gasteiger partial charge in [0.05, 0.1) is 0 Å². The molecule has 0 aliphatic carbocycles. The van der Waals surface area contributed by atoms with Crippen LogP contribution < -0.4 is 0 Å². The van der Waals surface area contributed by atoms with Gasteiger partial charge in [-0.15, -0.1) is 0 Å². The Morgan fingerprint density at radius 2 is 0.778 bits per heavy atom. The molecule has 0 N–H and O–H groups in total. The van der Waals surface area contributed by atoms with Gasteiger partial charge in [-0.3, -0.25) is 4.57 Å². The first kappa shape index (κ1) is 21.0. The largest absolute Gasteiger partial charge is 0.286 e. The molecule has 0 aromatic carbocycles. The van der Waals surface area contributed by atoms with E-state index < -0.39 is 7.59 Å². The molecule has 0 atom stereocenters. The van der Waals surface area contributed by atoms with Crippen molar-refractivity contribution >= 4 is 7.59 Å². The van der Waals surface area contributed by atoms with E-state index in [0.29, 0.717) is 0 Å². The van der Waals surface area contributed by atoms with Crippen molar-refractivity contribution in [2.45, 2.75) is 41.5 Å². The average molecular weight is 314 g/mol. The van der Waals surface area contributed by atoms with Crippen LogP contribution in [0.1, 0.15) is 41.5 Å². The Hall–Kier alpha value is 0.694. The van der Waals surface area contributed by atoms with Gasteiger partial charge in [0.15, 0.2) is 0 Å². The topological polar surface area (TPSA) is 26.8 Å². The van der Waals surface area contributed by atoms with Crippen molar-refractivity contribution in [1.82, 2.24) is 14.0 Å². The van der Waals surface area contributed by atoms with E-state index in [9.17, 15) is 4.57 Å². The second-order valence-corrected chi connectivity index (χ2v) is 6.65. The summed E-state index contributed by atoms with van der Waals surface area (Å²) in [5.74, 6) is 0. The van der Waals surface area contributed by atoms with Crippen molar-refractivity contribution in [3.05, 3.63) is 0 Å². The summed E-state index contributed by atoms with van der Waals surface area (Å²) in [4.78, 5) is 0. The Labute approximate surface area is 125 Å². The normalized spacial score (nSPS) is 12.3. The van der Waals surface area contributed by atoms with Crippen molar-refractivity contribution in [2.75, 3.05) is 39.3 Å². The van der Waals surface area contributed by atoms with Gasteiger partial charge in [0, 0.05) is 57.8 Å². The smallest absolute Gasteiger partial charge is 0.270 e. The maximum Gasteiger partial charge on any atom is 0.286 e. The monoisotopic (exact) mass is 314 g/mol. The van der Waals surface area contributed by atoms with Gasteiger partial charge in [0.1, 0.15) is 0 Å². The summed E-state index contributed by atoms with van der Waals surface area (Å²) in [6, 6.07) is 0. The molecule has 0 fully saturated rings. The summed E-state index contributed by atoms with van der Waals surface area (Å²) >= 11 is 0. The minimum absolute atomic E-state index is 0. The predicted molar refractivity (Wildman–Crippen MR) is 76.4 cm³/mol. The molecule has 0 aliphatic rings. The van der Waals surface area contributed by atoms with Crippen LogP contribution in [-0.4, -0.2) is 53.3 Å². The maximum atomic E-state index is 13.5. The first-order valence-electron chi connectivity index (χ1n) is 6.92. The molecule has 0 aromatic heterocycles. The van der Waals surface area contributed by atoms with Crippen LogP contribution in [0.4, 0.5) is 0 Å². The van der Waals surface area contributed by atoms with Gasteiger partial charge in [-0.2, -0.15) is 0 Å². The Bertz CT molecular complexity index is 203. The zero-order chi connectivity index (χ0) is 13.5. The van der Waals surface area contributed by atoms with E-state index in [1.807, 2.05) is 0 Å². The molecule has 0 rings (SSSR count). The molecule has 0 aliphatic heterocycles. The summed E-state index contributed by atoms with van der Waals surface area (Å²) in [6.07, 6.45) is 0. The summed E-state index contributed by atoms with van der Waals surface area (Å²) in [6.45, 7) is 17.5. The third-order valence-electron chi connectivity index (χ3n) is 3.30. The average Bonchev–Trinajstić information content (AvgIpc) is 2.33. The molecule has 1 radical (unpaired) electrons. The first-order chi connectivity index (χ1) is 8.06. The number of nitrogens with zero attached hydrogens (tertiary/aromatic N) is 3. The Morgan fingerprint density at radius 1 is 0.611 bits per heavy atom. The van der Waals surface area contributed by atoms with E-state index >= 15 is 0 Å². The minimum Gasteiger partial charge on any atom is -0.270 e. The predicted octanol–water partition coefficient (Wildman–Crippen LogP) is 3.12. The summed E-state index contributed by atoms with van der Waals surface area (Å²) < 4.78 is 19.8. The van der Waals surface area contributed by atoms with Gasteiger partial charge in [-0.1, -0.05) is 41.5 Å². The number of hydrogen-bond acceptors (Lipinski definition) is 1. The molecular weight excluding hydrogens is 284 g/mol. The van der Waals surface area contributed by atoms with Crippen molar-refractivity contribution in [3.8, 4) is 0 Å². The van der Waals surface area contributed by atoms with Crippen LogP contribution in [0.2, 0.25) is 0 Å². The molecule has 0 unspecified atom stereocenters. The van der Waals surface area contributed by atoms with Crippen LogP contribution in [-0.2, 0) is 23.1 Å². The van der Waals surface area contributed by atoms with Crippen LogP contribution in [0.15, 0.2) is 0 Å². The first-order valence-corrected chi connectivity index (χ1v) is 8.49. The molecule has 0 saturated heterocycles. The summed E-state index contributed by atoms with van der Waals surface area (Å²) in [5.41, 5.74) is 0. The Balaban J connectivity index is 0. The Kier molecular flexibility index (Phi) is 12.2. The fourth-order valence-electron chi connectivity index (χ4n) is 2.31. The molecule has 4 nitrogen and oxygen atoms in total. The van der Waals surface area contributed by atoms with Crippen LogP contribution in [0, 0.1) is 0 Å². The van der Waals surface area contributed by atoms with E-state index in [2.05, 4.69) is 55.6 Å². The third kappa shape index (κ3) is 4.36. The van der Waals surface area contributed by atoms with Crippen LogP contribution in [0.25, 0.3) is 0 Å². The summed E-state index contributed by atoms with van der Waals surface area (Å²) in [5, 5.41) is 0. The van der Waals surface area contributed by atoms with Crippen molar-refractivity contribution < 1.29 is 23.1 Å². The van der Waals surface area contributed by atoms with Gasteiger partial charge in [0.2, 0.25) is 0 Å². The van der Waals surface area contributed by atoms with E-state index in [4.69, 9.17) is 0 Å². The second kappa shape index (κ2) is 10.5.